The lowest BCUT2D eigenvalue weighted by molar-refractivity contribution is 0.0987. The van der Waals surface area contributed by atoms with Gasteiger partial charge in [-0.25, -0.2) is 4.98 Å². The number of H-pyrrole nitrogens is 1. The zero-order valence-corrected chi connectivity index (χ0v) is 32.6. The van der Waals surface area contributed by atoms with Crippen molar-refractivity contribution in [2.24, 2.45) is 0 Å². The van der Waals surface area contributed by atoms with E-state index in [2.05, 4.69) is 28.8 Å². The second-order valence-electron chi connectivity index (χ2n) is 12.8. The summed E-state index contributed by atoms with van der Waals surface area (Å²) in [7, 11) is 3.18. The van der Waals surface area contributed by atoms with Crippen molar-refractivity contribution in [1.82, 2.24) is 15.0 Å². The number of ether oxygens (including phenoxy) is 4. The van der Waals surface area contributed by atoms with E-state index in [-0.39, 0.29) is 34.4 Å². The largest absolute Gasteiger partial charge is 0.490 e. The third-order valence-electron chi connectivity index (χ3n) is 8.21. The number of pyridine rings is 3. The summed E-state index contributed by atoms with van der Waals surface area (Å²) >= 11 is 12.9. The number of hydrogen-bond acceptors (Lipinski definition) is 9. The van der Waals surface area contributed by atoms with Crippen molar-refractivity contribution >= 4 is 45.7 Å². The van der Waals surface area contributed by atoms with Gasteiger partial charge in [-0.15, -0.1) is 0 Å². The van der Waals surface area contributed by atoms with Gasteiger partial charge in [-0.2, -0.15) is 0 Å². The minimum atomic E-state index is -0.198. The van der Waals surface area contributed by atoms with E-state index in [9.17, 15) is 14.4 Å². The molecule has 0 unspecified atom stereocenters. The summed E-state index contributed by atoms with van der Waals surface area (Å²) in [4.78, 5) is 49.7. The van der Waals surface area contributed by atoms with Gasteiger partial charge in [0.25, 0.3) is 0 Å². The smallest absolute Gasteiger partial charge is 0.190 e. The Labute approximate surface area is 319 Å². The number of aromatic nitrogens is 3. The summed E-state index contributed by atoms with van der Waals surface area (Å²) < 4.78 is 21.2. The highest BCUT2D eigenvalue weighted by molar-refractivity contribution is 6.36. The monoisotopic (exact) mass is 761 g/mol. The van der Waals surface area contributed by atoms with E-state index in [0.717, 1.165) is 11.4 Å². The highest BCUT2D eigenvalue weighted by Crippen LogP contribution is 2.33. The number of Topliss-reactive ketones (excluding diaryl/α,β-unsaturated/α-hetero) is 2. The van der Waals surface area contributed by atoms with Gasteiger partial charge in [0.15, 0.2) is 17.0 Å². The van der Waals surface area contributed by atoms with Gasteiger partial charge in [-0.05, 0) is 72.9 Å². The number of methoxy groups -OCH3 is 2. The van der Waals surface area contributed by atoms with E-state index in [1.807, 2.05) is 44.2 Å². The number of benzene rings is 2. The van der Waals surface area contributed by atoms with E-state index in [0.29, 0.717) is 88.0 Å². The van der Waals surface area contributed by atoms with Gasteiger partial charge in [-0.3, -0.25) is 19.4 Å². The maximum atomic E-state index is 12.8. The van der Waals surface area contributed by atoms with Crippen molar-refractivity contribution in [1.29, 1.82) is 0 Å². The minimum Gasteiger partial charge on any atom is -0.490 e. The number of carbonyl (C=O) groups excluding carboxylic acids is 2. The van der Waals surface area contributed by atoms with Crippen molar-refractivity contribution in [3.8, 4) is 22.9 Å². The van der Waals surface area contributed by atoms with Gasteiger partial charge in [0.1, 0.15) is 35.4 Å². The Morgan fingerprint density at radius 2 is 1.34 bits per heavy atom. The summed E-state index contributed by atoms with van der Waals surface area (Å²) in [6, 6.07) is 19.4. The van der Waals surface area contributed by atoms with Crippen molar-refractivity contribution < 1.29 is 28.5 Å². The number of nitrogens with one attached hydrogen (secondary N) is 1. The zero-order chi connectivity index (χ0) is 38.7. The highest BCUT2D eigenvalue weighted by atomic mass is 35.5. The molecule has 0 saturated carbocycles. The van der Waals surface area contributed by atoms with Crippen LogP contribution in [0.15, 0.2) is 71.5 Å². The molecule has 0 amide bonds. The van der Waals surface area contributed by atoms with Crippen LogP contribution in [0.1, 0.15) is 84.3 Å². The van der Waals surface area contributed by atoms with E-state index in [4.69, 9.17) is 42.1 Å². The van der Waals surface area contributed by atoms with Crippen molar-refractivity contribution in [3.63, 3.8) is 0 Å². The molecule has 12 heteroatoms. The molecule has 280 valence electrons. The Balaban J connectivity index is 0.000000237. The third-order valence-corrected chi connectivity index (χ3v) is 9.00. The molecule has 53 heavy (non-hydrogen) atoms. The van der Waals surface area contributed by atoms with Crippen LogP contribution in [0, 0.1) is 0 Å². The van der Waals surface area contributed by atoms with Crippen LogP contribution in [0.25, 0.3) is 22.3 Å². The minimum absolute atomic E-state index is 0.0240. The van der Waals surface area contributed by atoms with Crippen molar-refractivity contribution in [2.45, 2.75) is 52.9 Å². The molecule has 0 spiro atoms. The average molecular weight is 763 g/mol. The number of nitrogens with zero attached hydrogens (tertiary/aromatic N) is 2. The van der Waals surface area contributed by atoms with Crippen molar-refractivity contribution in [2.75, 3.05) is 40.6 Å². The fraction of sp³-hybridized carbons (Fsp3) is 0.341. The summed E-state index contributed by atoms with van der Waals surface area (Å²) in [5, 5.41) is 1.16. The van der Waals surface area contributed by atoms with Crippen LogP contribution < -0.4 is 14.9 Å². The second-order valence-corrected chi connectivity index (χ2v) is 13.6. The predicted molar refractivity (Wildman–Crippen MR) is 209 cm³/mol. The van der Waals surface area contributed by atoms with Crippen LogP contribution in [0.2, 0.25) is 10.0 Å². The van der Waals surface area contributed by atoms with Crippen LogP contribution >= 0.6 is 23.2 Å². The normalized spacial score (nSPS) is 11.1. The van der Waals surface area contributed by atoms with Crippen LogP contribution in [0.4, 0.5) is 0 Å². The topological polar surface area (TPSA) is 130 Å². The van der Waals surface area contributed by atoms with Crippen molar-refractivity contribution in [3.05, 3.63) is 115 Å². The van der Waals surface area contributed by atoms with E-state index < -0.39 is 0 Å². The van der Waals surface area contributed by atoms with Gasteiger partial charge in [0.05, 0.1) is 35.1 Å². The quantitative estimate of drug-likeness (QED) is 0.0821. The number of fused-ring (bicyclic) bond motifs is 1. The van der Waals surface area contributed by atoms with Crippen LogP contribution in [-0.2, 0) is 15.9 Å². The van der Waals surface area contributed by atoms with Gasteiger partial charge in [0.2, 0.25) is 0 Å². The van der Waals surface area contributed by atoms with Crippen LogP contribution in [-0.4, -0.2) is 67.2 Å². The van der Waals surface area contributed by atoms with E-state index in [1.165, 1.54) is 6.92 Å². The SMILES string of the molecule is COCCOc1ccc(C(C)=O)c(CC(=O)c2cccc(C(C)C)n2)c1Cl.COCCOc1ccc2c(=O)cc(-c3cccc(C(C)C)n3)[nH]c2c1Cl. The maximum absolute atomic E-state index is 12.8. The summed E-state index contributed by atoms with van der Waals surface area (Å²) in [6.07, 6.45) is -0.0240. The first kappa shape index (κ1) is 41.2. The lowest BCUT2D eigenvalue weighted by Crippen LogP contribution is -2.12. The molecule has 1 N–H and O–H groups in total. The molecule has 0 fully saturated rings. The molecule has 0 bridgehead atoms. The molecule has 0 aliphatic carbocycles. The van der Waals surface area contributed by atoms with Crippen LogP contribution in [0.5, 0.6) is 11.5 Å². The number of rotatable bonds is 15. The molecule has 0 saturated heterocycles. The zero-order valence-electron chi connectivity index (χ0n) is 31.0. The lowest BCUT2D eigenvalue weighted by atomic mass is 9.97. The van der Waals surface area contributed by atoms with E-state index in [1.54, 1.807) is 50.6 Å². The second kappa shape index (κ2) is 19.5. The fourth-order valence-corrected chi connectivity index (χ4v) is 5.85. The molecule has 0 aliphatic rings. The maximum Gasteiger partial charge on any atom is 0.190 e. The number of aromatic amines is 1. The van der Waals surface area contributed by atoms with Gasteiger partial charge >= 0.3 is 0 Å². The molecule has 3 heterocycles. The molecule has 5 rings (SSSR count). The number of hydrogen-bond donors (Lipinski definition) is 1. The number of carbonyl (C=O) groups is 2. The average Bonchev–Trinajstić information content (AvgIpc) is 3.14. The molecule has 3 aromatic heterocycles. The summed E-state index contributed by atoms with van der Waals surface area (Å²) in [5.41, 5.74) is 4.79. The Kier molecular flexibility index (Phi) is 15.1. The number of halogens is 2. The molecule has 2 aromatic carbocycles. The number of ketones is 2. The first-order valence-electron chi connectivity index (χ1n) is 17.2. The summed E-state index contributed by atoms with van der Waals surface area (Å²) in [5.74, 6) is 1.08. The summed E-state index contributed by atoms with van der Waals surface area (Å²) in [6.45, 7) is 11.2. The molecule has 0 atom stereocenters. The Morgan fingerprint density at radius 3 is 1.94 bits per heavy atom. The fourth-order valence-electron chi connectivity index (χ4n) is 5.30. The van der Waals surface area contributed by atoms with Gasteiger partial charge in [-0.1, -0.05) is 63.0 Å². The lowest BCUT2D eigenvalue weighted by Gasteiger charge is -2.14. The first-order valence-corrected chi connectivity index (χ1v) is 18.0. The standard InChI is InChI=1S/C21H24ClNO4.C20H21ClN2O3/c1-13(2)17-6-5-7-18(23-17)19(25)12-16-15(14(3)24)8-9-20(21(16)22)27-11-10-26-4;1-12(2)14-5-4-6-15(22-14)16-11-17(24)13-7-8-18(26-10-9-25-3)19(21)20(13)23-16/h5-9,13H,10-12H2,1-4H3;4-8,11-12H,9-10H2,1-3H3,(H,23,24). The molecular formula is C41H45Cl2N3O7. The molecule has 10 nitrogen and oxygen atoms in total. The molecule has 5 aromatic rings. The van der Waals surface area contributed by atoms with Crippen LogP contribution in [0.3, 0.4) is 0 Å². The van der Waals surface area contributed by atoms with E-state index >= 15 is 0 Å². The molecule has 0 aliphatic heterocycles. The first-order chi connectivity index (χ1) is 25.4. The predicted octanol–water partition coefficient (Wildman–Crippen LogP) is 8.90. The third kappa shape index (κ3) is 10.7. The molecule has 0 radical (unpaired) electrons. The Morgan fingerprint density at radius 1 is 0.755 bits per heavy atom. The molecular weight excluding hydrogens is 717 g/mol. The Hall–Kier alpha value is -4.61. The van der Waals surface area contributed by atoms with Gasteiger partial charge in [0, 0.05) is 49.0 Å². The Bertz CT molecular complexity index is 2110. The highest BCUT2D eigenvalue weighted by Gasteiger charge is 2.20. The van der Waals surface area contributed by atoms with Gasteiger partial charge < -0.3 is 23.9 Å².